The smallest absolute Gasteiger partial charge is 0.349 e. The van der Waals surface area contributed by atoms with Gasteiger partial charge in [-0.25, -0.2) is 4.79 Å². The highest BCUT2D eigenvalue weighted by Crippen LogP contribution is 2.20. The molecule has 2 aromatic rings. The monoisotopic (exact) mass is 393 g/mol. The molecule has 1 N–H and O–H groups in total. The molecule has 6 heteroatoms. The van der Waals surface area contributed by atoms with E-state index in [1.165, 1.54) is 13.0 Å². The lowest BCUT2D eigenvalue weighted by molar-refractivity contribution is -0.148. The van der Waals surface area contributed by atoms with Gasteiger partial charge in [-0.2, -0.15) is 5.26 Å². The molecule has 1 atom stereocenters. The summed E-state index contributed by atoms with van der Waals surface area (Å²) in [5.74, 6) is -0.810. The zero-order valence-corrected chi connectivity index (χ0v) is 17.5. The van der Waals surface area contributed by atoms with Gasteiger partial charge in [0.05, 0.1) is 0 Å². The molecule has 0 radical (unpaired) electrons. The third-order valence-corrected chi connectivity index (χ3v) is 4.50. The van der Waals surface area contributed by atoms with Crippen LogP contribution in [0.2, 0.25) is 0 Å². The number of carbonyl (C=O) groups excluding carboxylic acids is 2. The number of aromatic nitrogens is 1. The quantitative estimate of drug-likeness (QED) is 0.433. The SMILES string of the molecule is Cc1cc(/C=C(\C#N)C(=O)OC(C)C(=O)Nc2ccccc2)c(C)n1CC(C)C. The van der Waals surface area contributed by atoms with Gasteiger partial charge in [-0.3, -0.25) is 4.79 Å². The molecule has 0 bridgehead atoms. The first-order chi connectivity index (χ1) is 13.7. The van der Waals surface area contributed by atoms with Crippen LogP contribution in [0.5, 0.6) is 0 Å². The van der Waals surface area contributed by atoms with Crippen molar-refractivity contribution in [3.63, 3.8) is 0 Å². The van der Waals surface area contributed by atoms with E-state index >= 15 is 0 Å². The van der Waals surface area contributed by atoms with Crippen molar-refractivity contribution in [2.45, 2.75) is 47.3 Å². The van der Waals surface area contributed by atoms with Crippen LogP contribution < -0.4 is 5.32 Å². The topological polar surface area (TPSA) is 84.1 Å². The van der Waals surface area contributed by atoms with Gasteiger partial charge in [0.2, 0.25) is 0 Å². The Labute approximate surface area is 171 Å². The average Bonchev–Trinajstić information content (AvgIpc) is 2.93. The second kappa shape index (κ2) is 9.74. The van der Waals surface area contributed by atoms with Crippen LogP contribution in [-0.4, -0.2) is 22.5 Å². The molecule has 0 aliphatic rings. The third kappa shape index (κ3) is 5.82. The number of hydrogen-bond acceptors (Lipinski definition) is 4. The van der Waals surface area contributed by atoms with E-state index in [9.17, 15) is 14.9 Å². The molecule has 0 saturated carbocycles. The fourth-order valence-corrected chi connectivity index (χ4v) is 2.96. The number of ether oxygens (including phenoxy) is 1. The number of esters is 1. The Kier molecular flexibility index (Phi) is 7.38. The first-order valence-corrected chi connectivity index (χ1v) is 9.58. The molecule has 1 amide bonds. The molecule has 152 valence electrons. The predicted octanol–water partition coefficient (Wildman–Crippen LogP) is 4.24. The number of anilines is 1. The molecular formula is C23H27N3O3. The minimum Gasteiger partial charge on any atom is -0.448 e. The van der Waals surface area contributed by atoms with Gasteiger partial charge in [-0.05, 0) is 56.5 Å². The van der Waals surface area contributed by atoms with E-state index in [0.717, 1.165) is 23.5 Å². The standard InChI is InChI=1S/C23H27N3O3/c1-15(2)14-26-16(3)11-19(17(26)4)12-20(13-24)23(28)29-18(5)22(27)25-21-9-7-6-8-10-21/h6-12,15,18H,14H2,1-5H3,(H,25,27)/b20-12+. The van der Waals surface area contributed by atoms with Gasteiger partial charge >= 0.3 is 5.97 Å². The van der Waals surface area contributed by atoms with Crippen LogP contribution >= 0.6 is 0 Å². The van der Waals surface area contributed by atoms with Gasteiger partial charge < -0.3 is 14.6 Å². The van der Waals surface area contributed by atoms with Gasteiger partial charge in [0.1, 0.15) is 11.6 Å². The summed E-state index contributed by atoms with van der Waals surface area (Å²) in [6.07, 6.45) is 0.483. The van der Waals surface area contributed by atoms with Gasteiger partial charge in [0, 0.05) is 23.6 Å². The van der Waals surface area contributed by atoms with Crippen molar-refractivity contribution in [1.82, 2.24) is 4.57 Å². The maximum absolute atomic E-state index is 12.4. The fraction of sp³-hybridized carbons (Fsp3) is 0.348. The minimum absolute atomic E-state index is 0.144. The normalized spacial score (nSPS) is 12.4. The Bertz CT molecular complexity index is 950. The molecule has 0 saturated heterocycles. The van der Waals surface area contributed by atoms with E-state index in [0.29, 0.717) is 11.6 Å². The summed E-state index contributed by atoms with van der Waals surface area (Å²) in [7, 11) is 0. The molecule has 0 aliphatic heterocycles. The number of nitriles is 1. The van der Waals surface area contributed by atoms with Crippen LogP contribution in [0.1, 0.15) is 37.7 Å². The van der Waals surface area contributed by atoms with E-state index in [1.54, 1.807) is 24.3 Å². The zero-order chi connectivity index (χ0) is 21.6. The van der Waals surface area contributed by atoms with Crippen molar-refractivity contribution in [3.05, 3.63) is 58.9 Å². The summed E-state index contributed by atoms with van der Waals surface area (Å²) < 4.78 is 7.36. The molecule has 1 unspecified atom stereocenters. The number of aryl methyl sites for hydroxylation is 1. The van der Waals surface area contributed by atoms with Crippen molar-refractivity contribution in [2.24, 2.45) is 5.92 Å². The maximum Gasteiger partial charge on any atom is 0.349 e. The first-order valence-electron chi connectivity index (χ1n) is 9.58. The van der Waals surface area contributed by atoms with E-state index in [4.69, 9.17) is 4.74 Å². The lowest BCUT2D eigenvalue weighted by Gasteiger charge is -2.13. The first kappa shape index (κ1) is 22.0. The summed E-state index contributed by atoms with van der Waals surface area (Å²) in [5.41, 5.74) is 3.29. The Balaban J connectivity index is 2.12. The maximum atomic E-state index is 12.4. The largest absolute Gasteiger partial charge is 0.448 e. The second-order valence-corrected chi connectivity index (χ2v) is 7.40. The molecule has 29 heavy (non-hydrogen) atoms. The van der Waals surface area contributed by atoms with Gasteiger partial charge in [0.15, 0.2) is 6.10 Å². The number of nitrogens with zero attached hydrogens (tertiary/aromatic N) is 2. The summed E-state index contributed by atoms with van der Waals surface area (Å²) in [4.78, 5) is 24.7. The summed E-state index contributed by atoms with van der Waals surface area (Å²) in [5, 5.41) is 12.1. The van der Waals surface area contributed by atoms with E-state index in [2.05, 4.69) is 23.7 Å². The lowest BCUT2D eigenvalue weighted by Crippen LogP contribution is -2.30. The van der Waals surface area contributed by atoms with Crippen LogP contribution in [-0.2, 0) is 20.9 Å². The number of rotatable bonds is 7. The number of nitrogens with one attached hydrogen (secondary N) is 1. The summed E-state index contributed by atoms with van der Waals surface area (Å²) in [6.45, 7) is 10.5. The number of amides is 1. The van der Waals surface area contributed by atoms with E-state index < -0.39 is 18.0 Å². The van der Waals surface area contributed by atoms with Crippen LogP contribution in [0.15, 0.2) is 42.0 Å². The van der Waals surface area contributed by atoms with E-state index in [1.807, 2.05) is 32.0 Å². The van der Waals surface area contributed by atoms with Crippen molar-refractivity contribution in [1.29, 1.82) is 5.26 Å². The third-order valence-electron chi connectivity index (χ3n) is 4.50. The lowest BCUT2D eigenvalue weighted by atomic mass is 10.1. The molecule has 1 heterocycles. The van der Waals surface area contributed by atoms with Crippen LogP contribution in [0.25, 0.3) is 6.08 Å². The molecule has 0 fully saturated rings. The Morgan fingerprint density at radius 3 is 2.45 bits per heavy atom. The zero-order valence-electron chi connectivity index (χ0n) is 17.5. The average molecular weight is 393 g/mol. The van der Waals surface area contributed by atoms with Crippen molar-refractivity contribution in [2.75, 3.05) is 5.32 Å². The second-order valence-electron chi connectivity index (χ2n) is 7.40. The number of para-hydroxylation sites is 1. The van der Waals surface area contributed by atoms with Crippen LogP contribution in [0.3, 0.4) is 0 Å². The van der Waals surface area contributed by atoms with Crippen LogP contribution in [0.4, 0.5) is 5.69 Å². The number of benzene rings is 1. The molecule has 6 nitrogen and oxygen atoms in total. The molecule has 0 aliphatic carbocycles. The highest BCUT2D eigenvalue weighted by Gasteiger charge is 2.21. The van der Waals surface area contributed by atoms with Gasteiger partial charge in [-0.15, -0.1) is 0 Å². The highest BCUT2D eigenvalue weighted by molar-refractivity contribution is 6.01. The van der Waals surface area contributed by atoms with Crippen molar-refractivity contribution < 1.29 is 14.3 Å². The van der Waals surface area contributed by atoms with Gasteiger partial charge in [-0.1, -0.05) is 32.0 Å². The summed E-state index contributed by atoms with van der Waals surface area (Å²) >= 11 is 0. The Morgan fingerprint density at radius 2 is 1.86 bits per heavy atom. The molecule has 1 aromatic heterocycles. The van der Waals surface area contributed by atoms with E-state index in [-0.39, 0.29) is 5.57 Å². The molecular weight excluding hydrogens is 366 g/mol. The van der Waals surface area contributed by atoms with Crippen LogP contribution in [0, 0.1) is 31.1 Å². The number of hydrogen-bond donors (Lipinski definition) is 1. The number of carbonyl (C=O) groups is 2. The predicted molar refractivity (Wildman–Crippen MR) is 113 cm³/mol. The Morgan fingerprint density at radius 1 is 1.21 bits per heavy atom. The van der Waals surface area contributed by atoms with Gasteiger partial charge in [0.25, 0.3) is 5.91 Å². The highest BCUT2D eigenvalue weighted by atomic mass is 16.5. The fourth-order valence-electron chi connectivity index (χ4n) is 2.96. The molecule has 1 aromatic carbocycles. The molecule has 0 spiro atoms. The summed E-state index contributed by atoms with van der Waals surface area (Å²) in [6, 6.07) is 12.7. The Hall–Kier alpha value is -3.33. The van der Waals surface area contributed by atoms with Crippen molar-refractivity contribution >= 4 is 23.6 Å². The minimum atomic E-state index is -1.03. The molecule has 2 rings (SSSR count). The van der Waals surface area contributed by atoms with Crippen molar-refractivity contribution in [3.8, 4) is 6.07 Å².